The molecule has 1 aliphatic heterocycles. The molecule has 0 aliphatic carbocycles. The van der Waals surface area contributed by atoms with Crippen molar-refractivity contribution in [3.63, 3.8) is 0 Å². The zero-order valence-corrected chi connectivity index (χ0v) is 16.0. The molecule has 4 nitrogen and oxygen atoms in total. The van der Waals surface area contributed by atoms with Crippen LogP contribution < -0.4 is 15.0 Å². The molecule has 0 fully saturated rings. The molecule has 4 rings (SSSR count). The van der Waals surface area contributed by atoms with Crippen LogP contribution in [0.2, 0.25) is 0 Å². The fourth-order valence-corrected chi connectivity index (χ4v) is 3.58. The predicted octanol–water partition coefficient (Wildman–Crippen LogP) is 4.19. The first-order chi connectivity index (χ1) is 13.7. The molecule has 0 bridgehead atoms. The fraction of sp³-hybridized carbons (Fsp3) is 0.208. The summed E-state index contributed by atoms with van der Waals surface area (Å²) >= 11 is 0. The molecule has 4 heteroatoms. The van der Waals surface area contributed by atoms with Gasteiger partial charge in [0.05, 0.1) is 7.11 Å². The van der Waals surface area contributed by atoms with Crippen LogP contribution in [0.3, 0.4) is 0 Å². The molecule has 0 radical (unpaired) electrons. The van der Waals surface area contributed by atoms with Gasteiger partial charge in [-0.1, -0.05) is 42.5 Å². The van der Waals surface area contributed by atoms with Crippen LogP contribution in [0.5, 0.6) is 5.75 Å². The molecule has 142 valence electrons. The number of benzene rings is 3. The smallest absolute Gasteiger partial charge is 0.251 e. The van der Waals surface area contributed by atoms with Crippen molar-refractivity contribution < 1.29 is 9.53 Å². The lowest BCUT2D eigenvalue weighted by Gasteiger charge is -2.19. The van der Waals surface area contributed by atoms with E-state index in [1.807, 2.05) is 48.5 Å². The van der Waals surface area contributed by atoms with Gasteiger partial charge in [0.25, 0.3) is 5.91 Å². The molecule has 3 aromatic carbocycles. The van der Waals surface area contributed by atoms with E-state index < -0.39 is 0 Å². The minimum Gasteiger partial charge on any atom is -0.497 e. The Bertz CT molecular complexity index is 949. The first-order valence-corrected chi connectivity index (χ1v) is 9.56. The summed E-state index contributed by atoms with van der Waals surface area (Å²) < 4.78 is 5.15. The van der Waals surface area contributed by atoms with Crippen LogP contribution >= 0.6 is 0 Å². The second-order valence-electron chi connectivity index (χ2n) is 7.03. The molecule has 3 aromatic rings. The van der Waals surface area contributed by atoms with Crippen LogP contribution in [0.4, 0.5) is 5.69 Å². The Morgan fingerprint density at radius 2 is 1.68 bits per heavy atom. The lowest BCUT2D eigenvalue weighted by Crippen LogP contribution is -2.23. The van der Waals surface area contributed by atoms with E-state index in [4.69, 9.17) is 4.74 Å². The Labute approximate surface area is 165 Å². The number of carbonyl (C=O) groups excluding carboxylic acids is 1. The average molecular weight is 372 g/mol. The first-order valence-electron chi connectivity index (χ1n) is 9.56. The van der Waals surface area contributed by atoms with Crippen LogP contribution in [-0.2, 0) is 19.5 Å². The number of ether oxygens (including phenoxy) is 1. The van der Waals surface area contributed by atoms with Crippen LogP contribution in [0.25, 0.3) is 0 Å². The van der Waals surface area contributed by atoms with E-state index in [0.717, 1.165) is 30.8 Å². The van der Waals surface area contributed by atoms with Crippen molar-refractivity contribution in [2.24, 2.45) is 0 Å². The molecule has 0 atom stereocenters. The summed E-state index contributed by atoms with van der Waals surface area (Å²) in [5, 5.41) is 2.97. The number of nitrogens with zero attached hydrogens (tertiary/aromatic N) is 1. The van der Waals surface area contributed by atoms with Crippen molar-refractivity contribution in [3.05, 3.63) is 95.1 Å². The zero-order valence-electron chi connectivity index (χ0n) is 16.0. The maximum absolute atomic E-state index is 12.4. The zero-order chi connectivity index (χ0) is 19.3. The maximum atomic E-state index is 12.4. The largest absolute Gasteiger partial charge is 0.497 e. The number of para-hydroxylation sites is 1. The molecule has 28 heavy (non-hydrogen) atoms. The highest BCUT2D eigenvalue weighted by atomic mass is 16.5. The molecule has 0 saturated carbocycles. The van der Waals surface area contributed by atoms with Gasteiger partial charge in [-0.15, -0.1) is 0 Å². The van der Waals surface area contributed by atoms with Crippen LogP contribution in [0.15, 0.2) is 72.8 Å². The minimum absolute atomic E-state index is 0.0612. The van der Waals surface area contributed by atoms with Gasteiger partial charge in [-0.05, 0) is 53.4 Å². The van der Waals surface area contributed by atoms with Gasteiger partial charge in [0.1, 0.15) is 5.75 Å². The van der Waals surface area contributed by atoms with Gasteiger partial charge in [0.15, 0.2) is 0 Å². The highest BCUT2D eigenvalue weighted by Gasteiger charge is 2.18. The number of anilines is 1. The molecule has 1 aliphatic rings. The van der Waals surface area contributed by atoms with Gasteiger partial charge < -0.3 is 15.0 Å². The number of fused-ring (bicyclic) bond motifs is 1. The summed E-state index contributed by atoms with van der Waals surface area (Å²) in [7, 11) is 1.64. The number of rotatable bonds is 6. The van der Waals surface area contributed by atoms with Gasteiger partial charge in [-0.3, -0.25) is 4.79 Å². The Hall–Kier alpha value is -3.27. The van der Waals surface area contributed by atoms with Crippen molar-refractivity contribution in [1.82, 2.24) is 5.32 Å². The second kappa shape index (κ2) is 8.17. The summed E-state index contributed by atoms with van der Waals surface area (Å²) in [5.74, 6) is 0.750. The van der Waals surface area contributed by atoms with Crippen molar-refractivity contribution in [2.45, 2.75) is 19.5 Å². The van der Waals surface area contributed by atoms with Gasteiger partial charge in [-0.2, -0.15) is 0 Å². The summed E-state index contributed by atoms with van der Waals surface area (Å²) in [6, 6.07) is 24.2. The monoisotopic (exact) mass is 372 g/mol. The summed E-state index contributed by atoms with van der Waals surface area (Å²) in [6.45, 7) is 2.41. The number of hydrogen-bond donors (Lipinski definition) is 1. The molecular weight excluding hydrogens is 348 g/mol. The van der Waals surface area contributed by atoms with Crippen molar-refractivity contribution in [1.29, 1.82) is 0 Å². The van der Waals surface area contributed by atoms with Gasteiger partial charge in [-0.25, -0.2) is 0 Å². The van der Waals surface area contributed by atoms with Crippen LogP contribution in [-0.4, -0.2) is 19.6 Å². The van der Waals surface area contributed by atoms with Crippen molar-refractivity contribution in [2.75, 3.05) is 18.6 Å². The summed E-state index contributed by atoms with van der Waals surface area (Å²) in [5.41, 5.74) is 5.67. The SMILES string of the molecule is COc1ccc(CNC(=O)c2ccc(CN3CCc4ccccc43)cc2)cc1. The highest BCUT2D eigenvalue weighted by molar-refractivity contribution is 5.94. The van der Waals surface area contributed by atoms with E-state index in [1.165, 1.54) is 16.8 Å². The predicted molar refractivity (Wildman–Crippen MR) is 112 cm³/mol. The minimum atomic E-state index is -0.0612. The van der Waals surface area contributed by atoms with E-state index in [0.29, 0.717) is 12.1 Å². The molecule has 1 heterocycles. The Balaban J connectivity index is 1.34. The Morgan fingerprint density at radius 3 is 2.43 bits per heavy atom. The number of amides is 1. The normalized spacial score (nSPS) is 12.5. The standard InChI is InChI=1S/C24H24N2O2/c1-28-22-12-8-18(9-13-22)16-25-24(27)21-10-6-19(7-11-21)17-26-15-14-20-4-2-3-5-23(20)26/h2-13H,14-17H2,1H3,(H,25,27). The Kier molecular flexibility index (Phi) is 5.29. The number of carbonyl (C=O) groups is 1. The van der Waals surface area contributed by atoms with Crippen LogP contribution in [0.1, 0.15) is 27.0 Å². The van der Waals surface area contributed by atoms with E-state index >= 15 is 0 Å². The third kappa shape index (κ3) is 4.01. The van der Waals surface area contributed by atoms with Gasteiger partial charge >= 0.3 is 0 Å². The van der Waals surface area contributed by atoms with E-state index in [-0.39, 0.29) is 5.91 Å². The fourth-order valence-electron chi connectivity index (χ4n) is 3.58. The second-order valence-corrected chi connectivity index (χ2v) is 7.03. The summed E-state index contributed by atoms with van der Waals surface area (Å²) in [4.78, 5) is 14.8. The van der Waals surface area contributed by atoms with E-state index in [2.05, 4.69) is 34.5 Å². The van der Waals surface area contributed by atoms with Crippen LogP contribution in [0, 0.1) is 0 Å². The first kappa shape index (κ1) is 18.1. The van der Waals surface area contributed by atoms with E-state index in [9.17, 15) is 4.79 Å². The number of methoxy groups -OCH3 is 1. The maximum Gasteiger partial charge on any atom is 0.251 e. The summed E-state index contributed by atoms with van der Waals surface area (Å²) in [6.07, 6.45) is 1.10. The molecule has 1 N–H and O–H groups in total. The number of nitrogens with one attached hydrogen (secondary N) is 1. The van der Waals surface area contributed by atoms with Crippen molar-refractivity contribution in [3.8, 4) is 5.75 Å². The quantitative estimate of drug-likeness (QED) is 0.705. The molecule has 0 saturated heterocycles. The molecule has 0 spiro atoms. The third-order valence-corrected chi connectivity index (χ3v) is 5.19. The third-order valence-electron chi connectivity index (χ3n) is 5.19. The topological polar surface area (TPSA) is 41.6 Å². The Morgan fingerprint density at radius 1 is 0.964 bits per heavy atom. The van der Waals surface area contributed by atoms with E-state index in [1.54, 1.807) is 7.11 Å². The molecule has 0 aromatic heterocycles. The molecule has 1 amide bonds. The number of hydrogen-bond acceptors (Lipinski definition) is 3. The molecule has 0 unspecified atom stereocenters. The average Bonchev–Trinajstić information content (AvgIpc) is 3.16. The highest BCUT2D eigenvalue weighted by Crippen LogP contribution is 2.28. The lowest BCUT2D eigenvalue weighted by atomic mass is 10.1. The van der Waals surface area contributed by atoms with Crippen molar-refractivity contribution >= 4 is 11.6 Å². The van der Waals surface area contributed by atoms with Gasteiger partial charge in [0.2, 0.25) is 0 Å². The van der Waals surface area contributed by atoms with Gasteiger partial charge in [0, 0.05) is 30.9 Å². The molecular formula is C24H24N2O2. The lowest BCUT2D eigenvalue weighted by molar-refractivity contribution is 0.0951.